The van der Waals surface area contributed by atoms with Crippen LogP contribution in [0.1, 0.15) is 59.3 Å². The van der Waals surface area contributed by atoms with Crippen LogP contribution in [0.15, 0.2) is 0 Å². The molecule has 1 N–H and O–H groups in total. The summed E-state index contributed by atoms with van der Waals surface area (Å²) in [6, 6.07) is 0. The van der Waals surface area contributed by atoms with Crippen LogP contribution in [0.2, 0.25) is 0 Å². The van der Waals surface area contributed by atoms with Crippen molar-refractivity contribution in [2.45, 2.75) is 59.3 Å². The predicted octanol–water partition coefficient (Wildman–Crippen LogP) is 4.80. The summed E-state index contributed by atoms with van der Waals surface area (Å²) in [5.41, 5.74) is 0. The molecule has 0 spiro atoms. The molecule has 0 saturated heterocycles. The van der Waals surface area contributed by atoms with E-state index in [4.69, 9.17) is 11.8 Å². The van der Waals surface area contributed by atoms with Crippen LogP contribution >= 0.6 is 26.6 Å². The first kappa shape index (κ1) is 18.3. The van der Waals surface area contributed by atoms with E-state index in [0.717, 1.165) is 0 Å². The van der Waals surface area contributed by atoms with Crippen LogP contribution < -0.4 is 0 Å². The lowest BCUT2D eigenvalue weighted by Gasteiger charge is -2.47. The van der Waals surface area contributed by atoms with Crippen LogP contribution in [0.4, 0.5) is 0 Å². The summed E-state index contributed by atoms with van der Waals surface area (Å²) in [4.78, 5) is 10.5. The normalized spacial score (nSPS) is 16.8. The van der Waals surface area contributed by atoms with Crippen LogP contribution in [-0.2, 0) is 11.8 Å². The Labute approximate surface area is 119 Å². The Morgan fingerprint density at radius 2 is 1.24 bits per heavy atom. The van der Waals surface area contributed by atoms with Crippen molar-refractivity contribution in [3.63, 3.8) is 0 Å². The minimum Gasteiger partial charge on any atom is -0.352 e. The van der Waals surface area contributed by atoms with E-state index >= 15 is 0 Å². The van der Waals surface area contributed by atoms with E-state index in [1.807, 2.05) is 0 Å². The smallest absolute Gasteiger partial charge is 0.136 e. The van der Waals surface area contributed by atoms with Crippen LogP contribution in [0.3, 0.4) is 0 Å². The first-order valence-corrected chi connectivity index (χ1v) is 14.4. The van der Waals surface area contributed by atoms with Gasteiger partial charge in [0.1, 0.15) is 4.67 Å². The molecule has 0 aromatic carbocycles. The number of hydrogen-bond acceptors (Lipinski definition) is 1. The van der Waals surface area contributed by atoms with Crippen LogP contribution in [-0.4, -0.2) is 22.2 Å². The minimum absolute atomic E-state index is 1.20. The van der Waals surface area contributed by atoms with E-state index in [1.54, 1.807) is 0 Å². The highest BCUT2D eigenvalue weighted by Crippen LogP contribution is 2.82. The van der Waals surface area contributed by atoms with Gasteiger partial charge < -0.3 is 4.89 Å². The maximum Gasteiger partial charge on any atom is 0.136 e. The second-order valence-electron chi connectivity index (χ2n) is 5.08. The van der Waals surface area contributed by atoms with Gasteiger partial charge in [0, 0.05) is 0 Å². The van der Waals surface area contributed by atoms with E-state index in [-0.39, 0.29) is 0 Å². The maximum atomic E-state index is 10.5. The standard InChI is InChI=1S/C12H31OPS3/c1-4-7-10-17(11-8-5-2,12-9-6-3)14(13,15)16/h4-12,17H2,1-3H3,(H2,13,15,16). The SMILES string of the molecule is CCCC[SH2](CCCC)(CCCC)P(O)(=S)S. The highest BCUT2D eigenvalue weighted by molar-refractivity contribution is 9.05. The van der Waals surface area contributed by atoms with Gasteiger partial charge in [0.05, 0.1) is 0 Å². The van der Waals surface area contributed by atoms with E-state index in [9.17, 15) is 4.89 Å². The largest absolute Gasteiger partial charge is 0.352 e. The molecule has 0 fully saturated rings. The molecule has 0 amide bonds. The van der Waals surface area contributed by atoms with Gasteiger partial charge in [0.15, 0.2) is 0 Å². The van der Waals surface area contributed by atoms with E-state index in [1.165, 1.54) is 55.8 Å². The zero-order chi connectivity index (χ0) is 13.4. The minimum atomic E-state index is -2.33. The molecule has 0 aromatic heterocycles. The van der Waals surface area contributed by atoms with Gasteiger partial charge in [-0.1, -0.05) is 40.0 Å². The van der Waals surface area contributed by atoms with Crippen molar-refractivity contribution < 1.29 is 4.89 Å². The average molecular weight is 319 g/mol. The summed E-state index contributed by atoms with van der Waals surface area (Å²) in [6.45, 7) is 6.66. The molecule has 0 aromatic rings. The Hall–Kier alpha value is 1.31. The highest BCUT2D eigenvalue weighted by Gasteiger charge is 2.31. The van der Waals surface area contributed by atoms with Gasteiger partial charge in [-0.2, -0.15) is 0 Å². The molecule has 0 aliphatic carbocycles. The van der Waals surface area contributed by atoms with Crippen molar-refractivity contribution in [3.05, 3.63) is 0 Å². The Morgan fingerprint density at radius 1 is 0.941 bits per heavy atom. The Morgan fingerprint density at radius 3 is 1.41 bits per heavy atom. The van der Waals surface area contributed by atoms with Crippen LogP contribution in [0.5, 0.6) is 0 Å². The van der Waals surface area contributed by atoms with Gasteiger partial charge in [-0.25, -0.2) is 9.65 Å². The Balaban J connectivity index is 4.85. The molecule has 108 valence electrons. The molecule has 5 heteroatoms. The van der Waals surface area contributed by atoms with E-state index < -0.39 is 14.3 Å². The number of thiol groups is 1. The van der Waals surface area contributed by atoms with Crippen molar-refractivity contribution in [3.8, 4) is 0 Å². The van der Waals surface area contributed by atoms with Crippen molar-refractivity contribution in [2.24, 2.45) is 0 Å². The van der Waals surface area contributed by atoms with Crippen molar-refractivity contribution in [1.82, 2.24) is 0 Å². The topological polar surface area (TPSA) is 20.2 Å². The van der Waals surface area contributed by atoms with Crippen LogP contribution in [0.25, 0.3) is 0 Å². The molecule has 0 saturated carbocycles. The quantitative estimate of drug-likeness (QED) is 0.445. The third kappa shape index (κ3) is 6.33. The molecule has 0 radical (unpaired) electrons. The third-order valence-corrected chi connectivity index (χ3v) is 21.7. The molecule has 17 heavy (non-hydrogen) atoms. The lowest BCUT2D eigenvalue weighted by Crippen LogP contribution is -2.13. The molecule has 1 atom stereocenters. The predicted molar refractivity (Wildman–Crippen MR) is 95.2 cm³/mol. The van der Waals surface area contributed by atoms with Gasteiger partial charge in [-0.15, -0.1) is 12.2 Å². The highest BCUT2D eigenvalue weighted by atomic mass is 33.3. The number of hydrogen-bond donors (Lipinski definition) is 2. The Bertz CT molecular complexity index is 218. The fraction of sp³-hybridized carbons (Fsp3) is 1.00. The first-order valence-electron chi connectivity index (χ1n) is 6.99. The molecular formula is C12H31OPS3. The van der Waals surface area contributed by atoms with Gasteiger partial charge in [-0.3, -0.25) is 0 Å². The summed E-state index contributed by atoms with van der Waals surface area (Å²) in [5, 5.41) is 0. The van der Waals surface area contributed by atoms with Crippen LogP contribution in [0, 0.1) is 0 Å². The summed E-state index contributed by atoms with van der Waals surface area (Å²) >= 11 is 9.95. The lowest BCUT2D eigenvalue weighted by molar-refractivity contribution is 0.652. The van der Waals surface area contributed by atoms with Gasteiger partial charge in [0.2, 0.25) is 0 Å². The third-order valence-electron chi connectivity index (χ3n) is 3.60. The number of rotatable bonds is 10. The molecule has 0 rings (SSSR count). The van der Waals surface area contributed by atoms with Crippen molar-refractivity contribution in [2.75, 3.05) is 17.3 Å². The fourth-order valence-corrected chi connectivity index (χ4v) is 16.2. The zero-order valence-corrected chi connectivity index (χ0v) is 15.2. The molecule has 1 unspecified atom stereocenters. The fourth-order valence-electron chi connectivity index (χ4n) is 2.33. The molecular weight excluding hydrogens is 287 g/mol. The summed E-state index contributed by atoms with van der Waals surface area (Å²) in [6.07, 6.45) is 7.28. The number of unbranched alkanes of at least 4 members (excludes halogenated alkanes) is 3. The maximum absolute atomic E-state index is 10.5. The van der Waals surface area contributed by atoms with Crippen molar-refractivity contribution in [1.29, 1.82) is 0 Å². The van der Waals surface area contributed by atoms with Gasteiger partial charge >= 0.3 is 0 Å². The molecule has 0 heterocycles. The second kappa shape index (κ2) is 9.25. The first-order chi connectivity index (χ1) is 7.93. The molecule has 0 aliphatic rings. The second-order valence-corrected chi connectivity index (χ2v) is 21.1. The van der Waals surface area contributed by atoms with E-state index in [2.05, 4.69) is 33.0 Å². The van der Waals surface area contributed by atoms with Gasteiger partial charge in [-0.05, 0) is 48.3 Å². The lowest BCUT2D eigenvalue weighted by atomic mass is 10.4. The summed E-state index contributed by atoms with van der Waals surface area (Å²) in [7, 11) is -1.71. The summed E-state index contributed by atoms with van der Waals surface area (Å²) in [5.74, 6) is 3.59. The monoisotopic (exact) mass is 318 g/mol. The zero-order valence-electron chi connectivity index (χ0n) is 11.6. The summed E-state index contributed by atoms with van der Waals surface area (Å²) < 4.78 is -2.33. The van der Waals surface area contributed by atoms with Crippen molar-refractivity contribution >= 4 is 38.4 Å². The van der Waals surface area contributed by atoms with E-state index in [0.29, 0.717) is 0 Å². The molecule has 0 aliphatic heterocycles. The molecule has 1 nitrogen and oxygen atoms in total. The van der Waals surface area contributed by atoms with Gasteiger partial charge in [0.25, 0.3) is 0 Å². The average Bonchev–Trinajstić information content (AvgIpc) is 2.27. The Kier molecular flexibility index (Phi) is 9.96. The molecule has 0 bridgehead atoms.